The lowest BCUT2D eigenvalue weighted by molar-refractivity contribution is -0.385. The van der Waals surface area contributed by atoms with E-state index in [0.29, 0.717) is 25.7 Å². The van der Waals surface area contributed by atoms with Crippen molar-refractivity contribution in [3.8, 4) is 0 Å². The monoisotopic (exact) mass is 254 g/mol. The number of ether oxygens (including phenoxy) is 2. The number of nitrogens with zero attached hydrogens (tertiary/aromatic N) is 3. The average molecular weight is 254 g/mol. The molecule has 2 heterocycles. The minimum atomic E-state index is -0.536. The molecule has 0 aliphatic carbocycles. The van der Waals surface area contributed by atoms with Crippen molar-refractivity contribution < 1.29 is 14.4 Å². The van der Waals surface area contributed by atoms with Gasteiger partial charge in [-0.1, -0.05) is 0 Å². The normalized spacial score (nSPS) is 22.9. The van der Waals surface area contributed by atoms with E-state index in [2.05, 4.69) is 15.3 Å². The van der Waals surface area contributed by atoms with Crippen molar-refractivity contribution >= 4 is 11.6 Å². The summed E-state index contributed by atoms with van der Waals surface area (Å²) in [6.07, 6.45) is 3.13. The van der Waals surface area contributed by atoms with Crippen LogP contribution in [0.5, 0.6) is 0 Å². The van der Waals surface area contributed by atoms with Crippen LogP contribution in [0.15, 0.2) is 12.4 Å². The molecule has 1 fully saturated rings. The van der Waals surface area contributed by atoms with E-state index >= 15 is 0 Å². The lowest BCUT2D eigenvalue weighted by atomic mass is 10.0. The Morgan fingerprint density at radius 3 is 2.83 bits per heavy atom. The minimum absolute atomic E-state index is 0.133. The SMILES string of the molecule is COC1(CNc2ncc([N+](=O)[O-])cn2)CCOC1. The van der Waals surface area contributed by atoms with Crippen LogP contribution in [-0.2, 0) is 9.47 Å². The van der Waals surface area contributed by atoms with Crippen LogP contribution >= 0.6 is 0 Å². The maximum atomic E-state index is 10.4. The Hall–Kier alpha value is -1.80. The zero-order valence-electron chi connectivity index (χ0n) is 9.96. The van der Waals surface area contributed by atoms with Gasteiger partial charge < -0.3 is 14.8 Å². The summed E-state index contributed by atoms with van der Waals surface area (Å²) in [6, 6.07) is 0. The van der Waals surface area contributed by atoms with Crippen molar-refractivity contribution in [2.24, 2.45) is 0 Å². The molecule has 1 aliphatic rings. The van der Waals surface area contributed by atoms with Gasteiger partial charge in [0.05, 0.1) is 11.5 Å². The standard InChI is InChI=1S/C10H14N4O4/c1-17-10(2-3-18-7-10)6-13-9-11-4-8(5-12-9)14(15)16/h4-5H,2-3,6-7H2,1H3,(H,11,12,13). The molecule has 0 bridgehead atoms. The molecule has 1 saturated heterocycles. The maximum absolute atomic E-state index is 10.4. The van der Waals surface area contributed by atoms with Gasteiger partial charge >= 0.3 is 5.69 Å². The number of anilines is 1. The summed E-state index contributed by atoms with van der Waals surface area (Å²) >= 11 is 0. The first-order valence-electron chi connectivity index (χ1n) is 5.48. The largest absolute Gasteiger partial charge is 0.378 e. The number of nitro groups is 1. The number of hydrogen-bond donors (Lipinski definition) is 1. The van der Waals surface area contributed by atoms with Gasteiger partial charge in [0, 0.05) is 26.7 Å². The number of nitrogens with one attached hydrogen (secondary N) is 1. The van der Waals surface area contributed by atoms with Gasteiger partial charge in [-0.05, 0) is 0 Å². The van der Waals surface area contributed by atoms with Gasteiger partial charge in [-0.3, -0.25) is 10.1 Å². The van der Waals surface area contributed by atoms with Gasteiger partial charge in [0.15, 0.2) is 0 Å². The summed E-state index contributed by atoms with van der Waals surface area (Å²) in [5, 5.41) is 13.4. The number of methoxy groups -OCH3 is 1. The Morgan fingerprint density at radius 2 is 2.33 bits per heavy atom. The van der Waals surface area contributed by atoms with Crippen molar-refractivity contribution in [3.05, 3.63) is 22.5 Å². The summed E-state index contributed by atoms with van der Waals surface area (Å²) in [7, 11) is 1.63. The van der Waals surface area contributed by atoms with E-state index in [9.17, 15) is 10.1 Å². The second-order valence-corrected chi connectivity index (χ2v) is 4.07. The molecule has 18 heavy (non-hydrogen) atoms. The molecule has 1 aliphatic heterocycles. The Kier molecular flexibility index (Phi) is 3.68. The van der Waals surface area contributed by atoms with E-state index in [1.165, 1.54) is 12.4 Å². The van der Waals surface area contributed by atoms with E-state index < -0.39 is 4.92 Å². The fourth-order valence-electron chi connectivity index (χ4n) is 1.71. The molecule has 1 aromatic heterocycles. The second kappa shape index (κ2) is 5.23. The summed E-state index contributed by atoms with van der Waals surface area (Å²) in [5.74, 6) is 0.337. The molecule has 0 aromatic carbocycles. The van der Waals surface area contributed by atoms with Crippen LogP contribution in [0.2, 0.25) is 0 Å². The van der Waals surface area contributed by atoms with E-state index in [1.54, 1.807) is 7.11 Å². The zero-order chi connectivity index (χ0) is 13.0. The third kappa shape index (κ3) is 2.71. The Bertz CT molecular complexity index is 416. The topological polar surface area (TPSA) is 99.4 Å². The molecule has 8 heteroatoms. The van der Waals surface area contributed by atoms with E-state index in [-0.39, 0.29) is 11.3 Å². The van der Waals surface area contributed by atoms with Gasteiger partial charge in [-0.25, -0.2) is 9.97 Å². The van der Waals surface area contributed by atoms with Crippen LogP contribution in [-0.4, -0.2) is 47.4 Å². The smallest absolute Gasteiger partial charge is 0.305 e. The summed E-state index contributed by atoms with van der Waals surface area (Å²) in [4.78, 5) is 17.6. The summed E-state index contributed by atoms with van der Waals surface area (Å²) in [5.41, 5.74) is -0.503. The highest BCUT2D eigenvalue weighted by atomic mass is 16.6. The van der Waals surface area contributed by atoms with Gasteiger partial charge in [-0.15, -0.1) is 0 Å². The number of aromatic nitrogens is 2. The van der Waals surface area contributed by atoms with Crippen molar-refractivity contribution in [2.75, 3.05) is 32.2 Å². The molecule has 8 nitrogen and oxygen atoms in total. The molecule has 1 aromatic rings. The number of hydrogen-bond acceptors (Lipinski definition) is 7. The highest BCUT2D eigenvalue weighted by Gasteiger charge is 2.34. The summed E-state index contributed by atoms with van der Waals surface area (Å²) < 4.78 is 10.7. The fraction of sp³-hybridized carbons (Fsp3) is 0.600. The molecule has 0 spiro atoms. The molecule has 2 rings (SSSR count). The Labute approximate surface area is 103 Å². The third-order valence-electron chi connectivity index (χ3n) is 2.92. The molecule has 1 atom stereocenters. The van der Waals surface area contributed by atoms with Crippen LogP contribution < -0.4 is 5.32 Å². The first-order chi connectivity index (χ1) is 8.65. The third-order valence-corrected chi connectivity index (χ3v) is 2.92. The first-order valence-corrected chi connectivity index (χ1v) is 5.48. The highest BCUT2D eigenvalue weighted by molar-refractivity contribution is 5.31. The van der Waals surface area contributed by atoms with E-state index in [0.717, 1.165) is 6.42 Å². The van der Waals surface area contributed by atoms with E-state index in [4.69, 9.17) is 9.47 Å². The Balaban J connectivity index is 1.95. The summed E-state index contributed by atoms with van der Waals surface area (Å²) in [6.45, 7) is 1.68. The zero-order valence-corrected chi connectivity index (χ0v) is 9.96. The van der Waals surface area contributed by atoms with Crippen molar-refractivity contribution in [1.82, 2.24) is 9.97 Å². The molecule has 1 unspecified atom stereocenters. The van der Waals surface area contributed by atoms with Crippen molar-refractivity contribution in [1.29, 1.82) is 0 Å². The Morgan fingerprint density at radius 1 is 1.61 bits per heavy atom. The molecule has 98 valence electrons. The highest BCUT2D eigenvalue weighted by Crippen LogP contribution is 2.22. The average Bonchev–Trinajstić information content (AvgIpc) is 2.86. The van der Waals surface area contributed by atoms with Gasteiger partial charge in [0.2, 0.25) is 5.95 Å². The van der Waals surface area contributed by atoms with Crippen LogP contribution in [0.4, 0.5) is 11.6 Å². The van der Waals surface area contributed by atoms with Gasteiger partial charge in [0.1, 0.15) is 18.0 Å². The van der Waals surface area contributed by atoms with Crippen LogP contribution in [0.1, 0.15) is 6.42 Å². The number of rotatable bonds is 5. The lowest BCUT2D eigenvalue weighted by Gasteiger charge is -2.25. The predicted molar refractivity (Wildman–Crippen MR) is 62.4 cm³/mol. The predicted octanol–water partition coefficient (Wildman–Crippen LogP) is 0.602. The molecular weight excluding hydrogens is 240 g/mol. The molecule has 0 saturated carbocycles. The lowest BCUT2D eigenvalue weighted by Crippen LogP contribution is -2.39. The van der Waals surface area contributed by atoms with Gasteiger partial charge in [-0.2, -0.15) is 0 Å². The van der Waals surface area contributed by atoms with Gasteiger partial charge in [0.25, 0.3) is 0 Å². The van der Waals surface area contributed by atoms with Crippen LogP contribution in [0.25, 0.3) is 0 Å². The molecular formula is C10H14N4O4. The van der Waals surface area contributed by atoms with Crippen LogP contribution in [0, 0.1) is 10.1 Å². The second-order valence-electron chi connectivity index (χ2n) is 4.07. The maximum Gasteiger partial charge on any atom is 0.305 e. The first kappa shape index (κ1) is 12.7. The van der Waals surface area contributed by atoms with E-state index in [1.807, 2.05) is 0 Å². The van der Waals surface area contributed by atoms with Crippen molar-refractivity contribution in [2.45, 2.75) is 12.0 Å². The molecule has 0 amide bonds. The fourth-order valence-corrected chi connectivity index (χ4v) is 1.71. The van der Waals surface area contributed by atoms with Crippen LogP contribution in [0.3, 0.4) is 0 Å². The van der Waals surface area contributed by atoms with Crippen molar-refractivity contribution in [3.63, 3.8) is 0 Å². The quantitative estimate of drug-likeness (QED) is 0.606. The molecule has 1 N–H and O–H groups in total. The minimum Gasteiger partial charge on any atom is -0.378 e. The molecule has 0 radical (unpaired) electrons.